The Morgan fingerprint density at radius 3 is 2.74 bits per heavy atom. The molecule has 4 rings (SSSR count). The van der Waals surface area contributed by atoms with E-state index in [1.54, 1.807) is 12.5 Å². The number of aliphatic hydroxyl groups is 1. The summed E-state index contributed by atoms with van der Waals surface area (Å²) in [7, 11) is 0. The molecule has 3 heteroatoms. The molecular weight excluding hydrogens is 240 g/mol. The largest absolute Gasteiger partial charge is 0.472 e. The van der Waals surface area contributed by atoms with E-state index >= 15 is 0 Å². The van der Waals surface area contributed by atoms with Gasteiger partial charge in [0.1, 0.15) is 11.7 Å². The summed E-state index contributed by atoms with van der Waals surface area (Å²) < 4.78 is 11.4. The Bertz CT molecular complexity index is 506. The van der Waals surface area contributed by atoms with E-state index in [1.807, 2.05) is 6.07 Å². The first-order chi connectivity index (χ1) is 8.94. The second kappa shape index (κ2) is 3.26. The van der Waals surface area contributed by atoms with Gasteiger partial charge in [-0.1, -0.05) is 27.2 Å². The van der Waals surface area contributed by atoms with Crippen LogP contribution in [-0.4, -0.2) is 22.9 Å². The average molecular weight is 262 g/mol. The Labute approximate surface area is 113 Å². The molecule has 1 N–H and O–H groups in total. The lowest BCUT2D eigenvalue weighted by molar-refractivity contribution is -0.0654. The first-order valence-corrected chi connectivity index (χ1v) is 7.32. The van der Waals surface area contributed by atoms with E-state index in [1.165, 1.54) is 12.8 Å². The highest BCUT2D eigenvalue weighted by Gasteiger charge is 2.83. The number of ether oxygens (including phenoxy) is 1. The van der Waals surface area contributed by atoms with E-state index in [9.17, 15) is 5.11 Å². The normalized spacial score (nSPS) is 50.6. The van der Waals surface area contributed by atoms with Crippen molar-refractivity contribution >= 4 is 0 Å². The molecule has 3 aliphatic rings. The average Bonchev–Trinajstić information content (AvgIpc) is 2.84. The summed E-state index contributed by atoms with van der Waals surface area (Å²) in [5.74, 6) is 0.143. The molecule has 0 radical (unpaired) electrons. The van der Waals surface area contributed by atoms with Crippen LogP contribution in [0.5, 0.6) is 0 Å². The van der Waals surface area contributed by atoms with E-state index in [0.29, 0.717) is 0 Å². The minimum atomic E-state index is -0.403. The molecule has 1 spiro atoms. The highest BCUT2D eigenvalue weighted by Crippen LogP contribution is 2.76. The first kappa shape index (κ1) is 12.0. The molecule has 5 unspecified atom stereocenters. The second-order valence-electron chi connectivity index (χ2n) is 7.45. The molecule has 104 valence electrons. The highest BCUT2D eigenvalue weighted by molar-refractivity contribution is 5.38. The summed E-state index contributed by atoms with van der Waals surface area (Å²) >= 11 is 0. The zero-order valence-corrected chi connectivity index (χ0v) is 11.8. The summed E-state index contributed by atoms with van der Waals surface area (Å²) in [5, 5.41) is 10.7. The van der Waals surface area contributed by atoms with Gasteiger partial charge in [0.15, 0.2) is 0 Å². The van der Waals surface area contributed by atoms with Crippen molar-refractivity contribution in [3.05, 3.63) is 24.2 Å². The van der Waals surface area contributed by atoms with Gasteiger partial charge < -0.3 is 14.3 Å². The Hall–Kier alpha value is -0.800. The predicted octanol–water partition coefficient (Wildman–Crippen LogP) is 3.09. The molecular formula is C16H22O3. The Balaban J connectivity index is 1.85. The minimum absolute atomic E-state index is 0.00713. The van der Waals surface area contributed by atoms with Crippen molar-refractivity contribution < 1.29 is 14.3 Å². The number of rotatable bonds is 1. The topological polar surface area (TPSA) is 45.9 Å². The van der Waals surface area contributed by atoms with E-state index in [4.69, 9.17) is 9.15 Å². The lowest BCUT2D eigenvalue weighted by atomic mass is 9.54. The van der Waals surface area contributed by atoms with Gasteiger partial charge in [0.2, 0.25) is 0 Å². The molecule has 1 aliphatic heterocycles. The van der Waals surface area contributed by atoms with Crippen LogP contribution >= 0.6 is 0 Å². The molecule has 2 saturated carbocycles. The van der Waals surface area contributed by atoms with Crippen LogP contribution in [0.4, 0.5) is 0 Å². The monoisotopic (exact) mass is 262 g/mol. The summed E-state index contributed by atoms with van der Waals surface area (Å²) in [4.78, 5) is 0. The zero-order chi connectivity index (χ0) is 13.5. The van der Waals surface area contributed by atoms with Crippen LogP contribution in [0.1, 0.15) is 51.5 Å². The second-order valence-corrected chi connectivity index (χ2v) is 7.45. The van der Waals surface area contributed by atoms with E-state index in [-0.39, 0.29) is 28.5 Å². The van der Waals surface area contributed by atoms with E-state index in [0.717, 1.165) is 12.0 Å². The van der Waals surface area contributed by atoms with Crippen molar-refractivity contribution in [1.82, 2.24) is 0 Å². The number of aliphatic hydroxyl groups excluding tert-OH is 1. The fraction of sp³-hybridized carbons (Fsp3) is 0.750. The maximum atomic E-state index is 10.7. The van der Waals surface area contributed by atoms with Crippen LogP contribution in [0, 0.1) is 10.8 Å². The lowest BCUT2D eigenvalue weighted by Gasteiger charge is -2.50. The lowest BCUT2D eigenvalue weighted by Crippen LogP contribution is -2.51. The van der Waals surface area contributed by atoms with Crippen molar-refractivity contribution in [3.8, 4) is 0 Å². The highest BCUT2D eigenvalue weighted by atomic mass is 16.6. The fourth-order valence-electron chi connectivity index (χ4n) is 5.48. The molecule has 5 atom stereocenters. The van der Waals surface area contributed by atoms with Crippen LogP contribution < -0.4 is 0 Å². The van der Waals surface area contributed by atoms with Crippen LogP contribution in [0.2, 0.25) is 0 Å². The maximum absolute atomic E-state index is 10.7. The minimum Gasteiger partial charge on any atom is -0.472 e. The summed E-state index contributed by atoms with van der Waals surface area (Å²) in [6.07, 6.45) is 6.62. The fourth-order valence-corrected chi connectivity index (χ4v) is 5.48. The van der Waals surface area contributed by atoms with Gasteiger partial charge >= 0.3 is 0 Å². The molecule has 1 saturated heterocycles. The Kier molecular flexibility index (Phi) is 2.06. The van der Waals surface area contributed by atoms with Gasteiger partial charge in [-0.15, -0.1) is 0 Å². The Morgan fingerprint density at radius 1 is 1.26 bits per heavy atom. The quantitative estimate of drug-likeness (QED) is 0.791. The molecule has 2 aliphatic carbocycles. The third-order valence-corrected chi connectivity index (χ3v) is 6.25. The van der Waals surface area contributed by atoms with Crippen molar-refractivity contribution in [2.75, 3.05) is 0 Å². The number of furan rings is 1. The van der Waals surface area contributed by atoms with Gasteiger partial charge in [-0.3, -0.25) is 0 Å². The van der Waals surface area contributed by atoms with Crippen molar-refractivity contribution in [1.29, 1.82) is 0 Å². The third-order valence-electron chi connectivity index (χ3n) is 6.25. The molecule has 0 bridgehead atoms. The smallest absolute Gasteiger partial charge is 0.115 e. The summed E-state index contributed by atoms with van der Waals surface area (Å²) in [6.45, 7) is 6.91. The third kappa shape index (κ3) is 1.13. The van der Waals surface area contributed by atoms with Crippen LogP contribution in [0.15, 0.2) is 23.0 Å². The molecule has 19 heavy (non-hydrogen) atoms. The van der Waals surface area contributed by atoms with E-state index < -0.39 is 6.10 Å². The summed E-state index contributed by atoms with van der Waals surface area (Å²) in [6, 6.07) is 2.00. The first-order valence-electron chi connectivity index (χ1n) is 7.32. The van der Waals surface area contributed by atoms with Crippen LogP contribution in [0.25, 0.3) is 0 Å². The van der Waals surface area contributed by atoms with Gasteiger partial charge in [0, 0.05) is 11.3 Å². The number of hydrogen-bond donors (Lipinski definition) is 1. The molecule has 1 aromatic rings. The van der Waals surface area contributed by atoms with Gasteiger partial charge in [0.25, 0.3) is 0 Å². The van der Waals surface area contributed by atoms with Crippen molar-refractivity contribution in [3.63, 3.8) is 0 Å². The summed E-state index contributed by atoms with van der Waals surface area (Å²) in [5.41, 5.74) is 1.15. The Morgan fingerprint density at radius 2 is 2.05 bits per heavy atom. The van der Waals surface area contributed by atoms with Crippen molar-refractivity contribution in [2.24, 2.45) is 10.8 Å². The van der Waals surface area contributed by atoms with Crippen LogP contribution in [0.3, 0.4) is 0 Å². The van der Waals surface area contributed by atoms with Gasteiger partial charge in [-0.2, -0.15) is 0 Å². The SMILES string of the molecule is CC1(C)CCCC2(C)C(c3ccoc3)C(O)C3OC312. The molecule has 0 aromatic carbocycles. The van der Waals surface area contributed by atoms with Gasteiger partial charge in [-0.05, 0) is 29.9 Å². The molecule has 3 fully saturated rings. The number of hydrogen-bond acceptors (Lipinski definition) is 3. The molecule has 3 nitrogen and oxygen atoms in total. The molecule has 0 amide bonds. The zero-order valence-electron chi connectivity index (χ0n) is 11.8. The maximum Gasteiger partial charge on any atom is 0.115 e. The van der Waals surface area contributed by atoms with Gasteiger partial charge in [0.05, 0.1) is 18.6 Å². The van der Waals surface area contributed by atoms with Crippen molar-refractivity contribution in [2.45, 2.75) is 63.8 Å². The van der Waals surface area contributed by atoms with E-state index in [2.05, 4.69) is 20.8 Å². The number of epoxide rings is 1. The predicted molar refractivity (Wildman–Crippen MR) is 70.8 cm³/mol. The molecule has 1 aromatic heterocycles. The standard InChI is InChI=1S/C16H22O3/c1-14(2)6-4-7-15(3)11(10-5-8-18-9-10)12(17)13-16(14,15)19-13/h5,8-9,11-13,17H,4,6-7H2,1-3H3. The van der Waals surface area contributed by atoms with Gasteiger partial charge in [-0.25, -0.2) is 0 Å². The van der Waals surface area contributed by atoms with Crippen LogP contribution in [-0.2, 0) is 4.74 Å². The molecule has 2 heterocycles.